The first kappa shape index (κ1) is 23.2. The van der Waals surface area contributed by atoms with E-state index in [9.17, 15) is 13.2 Å². The Hall–Kier alpha value is -1.49. The Kier molecular flexibility index (Phi) is 7.54. The summed E-state index contributed by atoms with van der Waals surface area (Å²) >= 11 is 0. The van der Waals surface area contributed by atoms with Gasteiger partial charge in [-0.05, 0) is 39.7 Å². The second-order valence-electron chi connectivity index (χ2n) is 8.62. The van der Waals surface area contributed by atoms with Crippen LogP contribution in [0.5, 0.6) is 0 Å². The largest absolute Gasteiger partial charge is 0.360 e. The molecule has 0 saturated carbocycles. The Morgan fingerprint density at radius 3 is 2.37 bits per heavy atom. The van der Waals surface area contributed by atoms with Crippen molar-refractivity contribution in [1.29, 1.82) is 0 Å². The Bertz CT molecular complexity index is 805. The third-order valence-corrected chi connectivity index (χ3v) is 8.65. The summed E-state index contributed by atoms with van der Waals surface area (Å²) in [7, 11) is -1.48. The van der Waals surface area contributed by atoms with E-state index in [1.54, 1.807) is 13.8 Å². The molecule has 3 rings (SSSR count). The van der Waals surface area contributed by atoms with Gasteiger partial charge in [-0.15, -0.1) is 0 Å². The predicted molar refractivity (Wildman–Crippen MR) is 114 cm³/mol. The van der Waals surface area contributed by atoms with Gasteiger partial charge in [-0.3, -0.25) is 9.69 Å². The van der Waals surface area contributed by atoms with Gasteiger partial charge in [-0.2, -0.15) is 4.31 Å². The highest BCUT2D eigenvalue weighted by Gasteiger charge is 2.36. The maximum Gasteiger partial charge on any atom is 0.248 e. The number of carbonyl (C=O) groups excluding carboxylic acids is 1. The molecule has 9 nitrogen and oxygen atoms in total. The number of likely N-dealkylation sites (N-methyl/N-ethyl adjacent to an activating group) is 1. The molecule has 1 aromatic heterocycles. The Labute approximate surface area is 179 Å². The minimum Gasteiger partial charge on any atom is -0.360 e. The number of aryl methyl sites for hydroxylation is 2. The van der Waals surface area contributed by atoms with Crippen LogP contribution in [0.15, 0.2) is 9.42 Å². The summed E-state index contributed by atoms with van der Waals surface area (Å²) in [6, 6.07) is 0. The Balaban J connectivity index is 1.45. The van der Waals surface area contributed by atoms with E-state index < -0.39 is 10.0 Å². The third-order valence-electron chi connectivity index (χ3n) is 6.51. The summed E-state index contributed by atoms with van der Waals surface area (Å²) < 4.78 is 32.4. The van der Waals surface area contributed by atoms with Crippen LogP contribution in [-0.4, -0.2) is 93.0 Å². The normalized spacial score (nSPS) is 21.6. The third kappa shape index (κ3) is 5.22. The van der Waals surface area contributed by atoms with Crippen LogP contribution >= 0.6 is 0 Å². The minimum atomic E-state index is -3.61. The van der Waals surface area contributed by atoms with Crippen LogP contribution in [0.1, 0.15) is 31.2 Å². The van der Waals surface area contributed by atoms with Gasteiger partial charge < -0.3 is 14.7 Å². The van der Waals surface area contributed by atoms with Crippen molar-refractivity contribution in [3.05, 3.63) is 11.5 Å². The van der Waals surface area contributed by atoms with Crippen LogP contribution in [-0.2, 0) is 14.8 Å². The molecule has 1 aromatic rings. The molecule has 2 fully saturated rings. The van der Waals surface area contributed by atoms with Crippen molar-refractivity contribution in [3.8, 4) is 0 Å². The maximum absolute atomic E-state index is 13.0. The van der Waals surface area contributed by atoms with E-state index in [0.717, 1.165) is 32.7 Å². The molecule has 1 N–H and O–H groups in total. The molecule has 2 aliphatic heterocycles. The molecular weight excluding hydrogens is 406 g/mol. The van der Waals surface area contributed by atoms with Gasteiger partial charge in [-0.1, -0.05) is 12.1 Å². The number of hydrogen-bond acceptors (Lipinski definition) is 7. The van der Waals surface area contributed by atoms with E-state index >= 15 is 0 Å². The number of sulfonamides is 1. The van der Waals surface area contributed by atoms with Crippen molar-refractivity contribution in [1.82, 2.24) is 24.6 Å². The van der Waals surface area contributed by atoms with Gasteiger partial charge in [-0.25, -0.2) is 8.42 Å². The van der Waals surface area contributed by atoms with E-state index in [1.807, 2.05) is 6.92 Å². The lowest BCUT2D eigenvalue weighted by molar-refractivity contribution is -0.126. The molecule has 1 amide bonds. The molecule has 30 heavy (non-hydrogen) atoms. The van der Waals surface area contributed by atoms with Crippen molar-refractivity contribution in [2.45, 2.75) is 38.5 Å². The fourth-order valence-electron chi connectivity index (χ4n) is 4.37. The number of piperidine rings is 1. The highest BCUT2D eigenvalue weighted by Crippen LogP contribution is 2.30. The fourth-order valence-corrected chi connectivity index (χ4v) is 6.13. The highest BCUT2D eigenvalue weighted by atomic mass is 32.2. The standard InChI is InChI=1S/C20H35N5O4S/c1-15(20(26)21-7-10-24-13-11-23(4)12-14-24)18-5-8-25(9-6-18)30(27,28)19-16(2)22-29-17(19)3/h15,18H,5-14H2,1-4H3,(H,21,26)/t15-/m0/s1. The SMILES string of the molecule is Cc1noc(C)c1S(=O)(=O)N1CCC([C@H](C)C(=O)NCCN2CCN(C)CC2)CC1. The van der Waals surface area contributed by atoms with Crippen molar-refractivity contribution in [3.63, 3.8) is 0 Å². The van der Waals surface area contributed by atoms with E-state index in [4.69, 9.17) is 4.52 Å². The van der Waals surface area contributed by atoms with Crippen LogP contribution in [0, 0.1) is 25.7 Å². The smallest absolute Gasteiger partial charge is 0.248 e. The molecule has 0 bridgehead atoms. The van der Waals surface area contributed by atoms with Crippen molar-refractivity contribution >= 4 is 15.9 Å². The van der Waals surface area contributed by atoms with Crippen molar-refractivity contribution in [2.24, 2.45) is 11.8 Å². The fraction of sp³-hybridized carbons (Fsp3) is 0.800. The molecule has 0 unspecified atom stereocenters. The number of amides is 1. The van der Waals surface area contributed by atoms with Crippen LogP contribution in [0.25, 0.3) is 0 Å². The van der Waals surface area contributed by atoms with Crippen LogP contribution in [0.4, 0.5) is 0 Å². The Morgan fingerprint density at radius 1 is 1.17 bits per heavy atom. The second kappa shape index (κ2) is 9.76. The number of piperazine rings is 1. The molecule has 0 aliphatic carbocycles. The lowest BCUT2D eigenvalue weighted by atomic mass is 9.85. The van der Waals surface area contributed by atoms with Gasteiger partial charge >= 0.3 is 0 Å². The van der Waals surface area contributed by atoms with Gasteiger partial charge in [0, 0.05) is 58.3 Å². The van der Waals surface area contributed by atoms with Gasteiger partial charge in [0.25, 0.3) is 0 Å². The summed E-state index contributed by atoms with van der Waals surface area (Å²) in [4.78, 5) is 17.5. The summed E-state index contributed by atoms with van der Waals surface area (Å²) in [5.74, 6) is 0.449. The van der Waals surface area contributed by atoms with E-state index in [-0.39, 0.29) is 22.6 Å². The lowest BCUT2D eigenvalue weighted by Gasteiger charge is -2.34. The van der Waals surface area contributed by atoms with Crippen LogP contribution in [0.3, 0.4) is 0 Å². The number of hydrogen-bond donors (Lipinski definition) is 1. The predicted octanol–water partition coefficient (Wildman–Crippen LogP) is 0.692. The van der Waals surface area contributed by atoms with Gasteiger partial charge in [0.15, 0.2) is 5.76 Å². The van der Waals surface area contributed by atoms with Gasteiger partial charge in [0.05, 0.1) is 0 Å². The topological polar surface area (TPSA) is 99.0 Å². The summed E-state index contributed by atoms with van der Waals surface area (Å²) in [6.07, 6.45) is 1.35. The number of nitrogens with one attached hydrogen (secondary N) is 1. The molecule has 3 heterocycles. The summed E-state index contributed by atoms with van der Waals surface area (Å²) in [6.45, 7) is 11.8. The number of carbonyl (C=O) groups is 1. The first-order chi connectivity index (χ1) is 14.2. The van der Waals surface area contributed by atoms with Crippen LogP contribution < -0.4 is 5.32 Å². The number of aromatic nitrogens is 1. The number of nitrogens with zero attached hydrogens (tertiary/aromatic N) is 4. The molecule has 0 radical (unpaired) electrons. The number of rotatable bonds is 7. The maximum atomic E-state index is 13.0. The zero-order valence-corrected chi connectivity index (χ0v) is 19.4. The molecule has 2 saturated heterocycles. The van der Waals surface area contributed by atoms with Gasteiger partial charge in [0.2, 0.25) is 15.9 Å². The average molecular weight is 442 g/mol. The summed E-state index contributed by atoms with van der Waals surface area (Å²) in [5, 5.41) is 6.84. The first-order valence-corrected chi connectivity index (χ1v) is 12.3. The van der Waals surface area contributed by atoms with Crippen molar-refractivity contribution in [2.75, 3.05) is 59.4 Å². The second-order valence-corrected chi connectivity index (χ2v) is 10.5. The molecule has 10 heteroatoms. The minimum absolute atomic E-state index is 0.0659. The molecule has 0 aromatic carbocycles. The van der Waals surface area contributed by atoms with Crippen molar-refractivity contribution < 1.29 is 17.7 Å². The Morgan fingerprint density at radius 2 is 1.80 bits per heavy atom. The quantitative estimate of drug-likeness (QED) is 0.665. The zero-order chi connectivity index (χ0) is 21.9. The van der Waals surface area contributed by atoms with E-state index in [0.29, 0.717) is 43.9 Å². The average Bonchev–Trinajstić information content (AvgIpc) is 3.07. The van der Waals surface area contributed by atoms with Gasteiger partial charge in [0.1, 0.15) is 10.6 Å². The molecule has 0 spiro atoms. The zero-order valence-electron chi connectivity index (χ0n) is 18.6. The molecule has 2 aliphatic rings. The first-order valence-electron chi connectivity index (χ1n) is 10.8. The molecule has 1 atom stereocenters. The lowest BCUT2D eigenvalue weighted by Crippen LogP contribution is -2.48. The van der Waals surface area contributed by atoms with E-state index in [2.05, 4.69) is 27.3 Å². The summed E-state index contributed by atoms with van der Waals surface area (Å²) in [5.41, 5.74) is 0.391. The highest BCUT2D eigenvalue weighted by molar-refractivity contribution is 7.89. The monoisotopic (exact) mass is 441 g/mol. The van der Waals surface area contributed by atoms with E-state index in [1.165, 1.54) is 4.31 Å². The van der Waals surface area contributed by atoms with Crippen LogP contribution in [0.2, 0.25) is 0 Å². The molecule has 170 valence electrons. The molecular formula is C20H35N5O4S.